The minimum Gasteiger partial charge on any atom is -0.481 e. The van der Waals surface area contributed by atoms with Gasteiger partial charge < -0.3 is 5.11 Å². The Morgan fingerprint density at radius 3 is 2.82 bits per heavy atom. The molecule has 64 valence electrons. The number of allylic oxidation sites excluding steroid dienone is 1. The van der Waals surface area contributed by atoms with Gasteiger partial charge in [-0.15, -0.1) is 18.2 Å². The Balaban J connectivity index is 3.28. The molecule has 2 nitrogen and oxygen atoms in total. The van der Waals surface area contributed by atoms with Gasteiger partial charge >= 0.3 is 5.97 Å². The van der Waals surface area contributed by atoms with E-state index >= 15 is 0 Å². The van der Waals surface area contributed by atoms with Gasteiger partial charge in [0.2, 0.25) is 0 Å². The zero-order valence-corrected chi connectivity index (χ0v) is 7.18. The van der Waals surface area contributed by atoms with E-state index in [4.69, 9.17) is 16.7 Å². The molecule has 3 heteroatoms. The molecule has 0 aromatic heterocycles. The van der Waals surface area contributed by atoms with Gasteiger partial charge in [-0.25, -0.2) is 0 Å². The van der Waals surface area contributed by atoms with Gasteiger partial charge in [0.15, 0.2) is 0 Å². The van der Waals surface area contributed by atoms with E-state index in [1.54, 1.807) is 0 Å². The summed E-state index contributed by atoms with van der Waals surface area (Å²) in [5.41, 5.74) is 0. The highest BCUT2D eigenvalue weighted by Gasteiger charge is 2.08. The van der Waals surface area contributed by atoms with Gasteiger partial charge in [-0.05, 0) is 19.3 Å². The van der Waals surface area contributed by atoms with Crippen LogP contribution in [0.15, 0.2) is 12.7 Å². The molecular weight excluding hydrogens is 164 g/mol. The first kappa shape index (κ1) is 10.5. The first-order valence-electron chi connectivity index (χ1n) is 3.63. The molecule has 0 fully saturated rings. The van der Waals surface area contributed by atoms with E-state index in [1.165, 1.54) is 0 Å². The summed E-state index contributed by atoms with van der Waals surface area (Å²) in [6.07, 6.45) is 4.44. The molecular formula is C8H13ClO2. The summed E-state index contributed by atoms with van der Waals surface area (Å²) in [5, 5.41) is 8.11. The van der Waals surface area contributed by atoms with E-state index in [-0.39, 0.29) is 11.8 Å². The van der Waals surface area contributed by atoms with Crippen LogP contribution in [0.25, 0.3) is 0 Å². The molecule has 0 aliphatic carbocycles. The third-order valence-electron chi connectivity index (χ3n) is 1.32. The second-order valence-electron chi connectivity index (χ2n) is 2.41. The summed E-state index contributed by atoms with van der Waals surface area (Å²) in [5.74, 6) is -0.830. The number of carboxylic acids is 1. The summed E-state index contributed by atoms with van der Waals surface area (Å²) in [4.78, 5) is 10.1. The molecule has 0 amide bonds. The first-order valence-corrected chi connectivity index (χ1v) is 4.07. The lowest BCUT2D eigenvalue weighted by molar-refractivity contribution is -0.137. The highest BCUT2D eigenvalue weighted by Crippen LogP contribution is 2.11. The van der Waals surface area contributed by atoms with Crippen molar-refractivity contribution in [3.63, 3.8) is 0 Å². The van der Waals surface area contributed by atoms with E-state index in [0.717, 1.165) is 19.3 Å². The van der Waals surface area contributed by atoms with Gasteiger partial charge in [0.1, 0.15) is 0 Å². The maximum absolute atomic E-state index is 10.1. The number of carbonyl (C=O) groups is 1. The van der Waals surface area contributed by atoms with Crippen LogP contribution in [-0.4, -0.2) is 16.5 Å². The van der Waals surface area contributed by atoms with Crippen molar-refractivity contribution in [2.75, 3.05) is 0 Å². The van der Waals surface area contributed by atoms with Crippen LogP contribution in [-0.2, 0) is 4.79 Å². The molecule has 0 aromatic rings. The Hall–Kier alpha value is -0.500. The minimum absolute atomic E-state index is 0.0543. The Bertz CT molecular complexity index is 134. The molecule has 0 bridgehead atoms. The number of carboxylic acid groups (broad SMARTS) is 1. The molecule has 1 atom stereocenters. The second-order valence-corrected chi connectivity index (χ2v) is 3.03. The van der Waals surface area contributed by atoms with Crippen LogP contribution in [0, 0.1) is 0 Å². The fourth-order valence-corrected chi connectivity index (χ4v) is 1.06. The molecule has 11 heavy (non-hydrogen) atoms. The summed E-state index contributed by atoms with van der Waals surface area (Å²) < 4.78 is 0. The van der Waals surface area contributed by atoms with Gasteiger partial charge in [0.25, 0.3) is 0 Å². The molecule has 0 radical (unpaired) electrons. The lowest BCUT2D eigenvalue weighted by Gasteiger charge is -2.03. The fourth-order valence-electron chi connectivity index (χ4n) is 0.775. The van der Waals surface area contributed by atoms with Crippen molar-refractivity contribution in [3.8, 4) is 0 Å². The molecule has 0 saturated heterocycles. The Labute approximate surface area is 71.9 Å². The van der Waals surface area contributed by atoms with Crippen LogP contribution < -0.4 is 0 Å². The maximum Gasteiger partial charge on any atom is 0.304 e. The van der Waals surface area contributed by atoms with E-state index in [9.17, 15) is 4.79 Å². The molecule has 0 aliphatic rings. The van der Waals surface area contributed by atoms with Gasteiger partial charge in [-0.2, -0.15) is 0 Å². The predicted octanol–water partition coefficient (Wildman–Crippen LogP) is 2.42. The van der Waals surface area contributed by atoms with Crippen LogP contribution in [0.3, 0.4) is 0 Å². The van der Waals surface area contributed by atoms with Gasteiger partial charge in [-0.3, -0.25) is 4.79 Å². The first-order chi connectivity index (χ1) is 5.16. The number of unbranched alkanes of at least 4 members (excludes halogenated alkanes) is 1. The van der Waals surface area contributed by atoms with Crippen molar-refractivity contribution in [2.24, 2.45) is 0 Å². The zero-order chi connectivity index (χ0) is 8.69. The zero-order valence-electron chi connectivity index (χ0n) is 6.42. The SMILES string of the molecule is C=CCCCC(Cl)CC(=O)O. The van der Waals surface area contributed by atoms with E-state index in [0.29, 0.717) is 0 Å². The average molecular weight is 177 g/mol. The number of aliphatic carboxylic acids is 1. The number of hydrogen-bond donors (Lipinski definition) is 1. The number of hydrogen-bond acceptors (Lipinski definition) is 1. The molecule has 0 saturated carbocycles. The summed E-state index contributed by atoms with van der Waals surface area (Å²) in [6.45, 7) is 3.56. The number of halogens is 1. The van der Waals surface area contributed by atoms with Crippen molar-refractivity contribution in [3.05, 3.63) is 12.7 Å². The number of rotatable bonds is 6. The third kappa shape index (κ3) is 7.40. The Morgan fingerprint density at radius 2 is 2.36 bits per heavy atom. The fraction of sp³-hybridized carbons (Fsp3) is 0.625. The quantitative estimate of drug-likeness (QED) is 0.384. The minimum atomic E-state index is -0.830. The second kappa shape index (κ2) is 6.23. The van der Waals surface area contributed by atoms with E-state index < -0.39 is 5.97 Å². The monoisotopic (exact) mass is 176 g/mol. The molecule has 0 rings (SSSR count). The lowest BCUT2D eigenvalue weighted by Crippen LogP contribution is -2.06. The molecule has 0 aliphatic heterocycles. The summed E-state index contributed by atoms with van der Waals surface area (Å²) >= 11 is 5.70. The molecule has 0 heterocycles. The highest BCUT2D eigenvalue weighted by molar-refractivity contribution is 6.21. The van der Waals surface area contributed by atoms with Crippen LogP contribution >= 0.6 is 11.6 Å². The molecule has 1 N–H and O–H groups in total. The van der Waals surface area contributed by atoms with Crippen molar-refractivity contribution in [1.29, 1.82) is 0 Å². The van der Waals surface area contributed by atoms with Gasteiger partial charge in [0.05, 0.1) is 6.42 Å². The number of alkyl halides is 1. The van der Waals surface area contributed by atoms with Crippen molar-refractivity contribution in [1.82, 2.24) is 0 Å². The van der Waals surface area contributed by atoms with Crippen molar-refractivity contribution < 1.29 is 9.90 Å². The maximum atomic E-state index is 10.1. The highest BCUT2D eigenvalue weighted by atomic mass is 35.5. The van der Waals surface area contributed by atoms with Crippen LogP contribution in [0.4, 0.5) is 0 Å². The lowest BCUT2D eigenvalue weighted by atomic mass is 10.1. The van der Waals surface area contributed by atoms with Crippen LogP contribution in [0.2, 0.25) is 0 Å². The third-order valence-corrected chi connectivity index (χ3v) is 1.69. The summed E-state index contributed by atoms with van der Waals surface area (Å²) in [7, 11) is 0. The van der Waals surface area contributed by atoms with E-state index in [1.807, 2.05) is 6.08 Å². The Morgan fingerprint density at radius 1 is 1.73 bits per heavy atom. The molecule has 0 aromatic carbocycles. The average Bonchev–Trinajstić information content (AvgIpc) is 1.86. The predicted molar refractivity (Wildman–Crippen MR) is 45.9 cm³/mol. The van der Waals surface area contributed by atoms with Crippen molar-refractivity contribution >= 4 is 17.6 Å². The van der Waals surface area contributed by atoms with Crippen LogP contribution in [0.1, 0.15) is 25.7 Å². The van der Waals surface area contributed by atoms with E-state index in [2.05, 4.69) is 6.58 Å². The van der Waals surface area contributed by atoms with Gasteiger partial charge in [0, 0.05) is 5.38 Å². The largest absolute Gasteiger partial charge is 0.481 e. The Kier molecular flexibility index (Phi) is 5.94. The summed E-state index contributed by atoms with van der Waals surface area (Å²) in [6, 6.07) is 0. The standard InChI is InChI=1S/C8H13ClO2/c1-2-3-4-5-7(9)6-8(10)11/h2,7H,1,3-6H2,(H,10,11). The van der Waals surface area contributed by atoms with Gasteiger partial charge in [-0.1, -0.05) is 6.08 Å². The normalized spacial score (nSPS) is 12.5. The topological polar surface area (TPSA) is 37.3 Å². The van der Waals surface area contributed by atoms with Crippen molar-refractivity contribution in [2.45, 2.75) is 31.1 Å². The molecule has 1 unspecified atom stereocenters. The smallest absolute Gasteiger partial charge is 0.304 e. The molecule has 0 spiro atoms. The van der Waals surface area contributed by atoms with Crippen LogP contribution in [0.5, 0.6) is 0 Å².